The fourth-order valence-electron chi connectivity index (χ4n) is 7.20. The Morgan fingerprint density at radius 1 is 0.727 bits per heavy atom. The van der Waals surface area contributed by atoms with Crippen molar-refractivity contribution in [1.82, 2.24) is 14.5 Å². The number of hydrogen-bond acceptors (Lipinski definition) is 3. The molecule has 0 saturated carbocycles. The molecule has 3 heterocycles. The molecule has 0 saturated heterocycles. The van der Waals surface area contributed by atoms with Gasteiger partial charge in [0.2, 0.25) is 0 Å². The predicted octanol–water partition coefficient (Wildman–Crippen LogP) is 12.8. The summed E-state index contributed by atoms with van der Waals surface area (Å²) >= 11 is 1.66. The molecular weight excluding hydrogens is 883 g/mol. The van der Waals surface area contributed by atoms with E-state index in [1.807, 2.05) is 24.3 Å². The number of fused-ring (bicyclic) bond motifs is 3. The molecule has 0 atom stereocenters. The van der Waals surface area contributed by atoms with Crippen molar-refractivity contribution in [2.45, 2.75) is 39.9 Å². The van der Waals surface area contributed by atoms with E-state index in [1.165, 1.54) is 42.7 Å². The normalized spacial score (nSPS) is 11.5. The largest absolute Gasteiger partial charge is 0.333 e. The Morgan fingerprint density at radius 3 is 2.24 bits per heavy atom. The second-order valence-corrected chi connectivity index (χ2v) is 21.2. The van der Waals surface area contributed by atoms with Gasteiger partial charge in [-0.15, -0.1) is 47.3 Å². The zero-order valence-electron chi connectivity index (χ0n) is 31.8. The molecular formula is C49H43IrN3SSi-2. The van der Waals surface area contributed by atoms with Gasteiger partial charge in [0.05, 0.1) is 24.9 Å². The molecule has 0 aliphatic carbocycles. The Morgan fingerprint density at radius 2 is 1.47 bits per heavy atom. The Kier molecular flexibility index (Phi) is 11.4. The van der Waals surface area contributed by atoms with E-state index < -0.39 is 8.07 Å². The summed E-state index contributed by atoms with van der Waals surface area (Å²) < 4.78 is 3.48. The standard InChI is InChI=1S/C31H19N2S.C18H24NSi.Ir/c1-2-8-21(9-3-1)24-15-17-26-27(20-34-30(26)19-24)31-32-28-12-6-7-13-29(28)33(31)25-16-14-22-10-4-5-11-23(22)18-25;1-14(2)11-16-12-17(15-9-7-6-8-10-15)19-13-18(16)20(3,4)5;/h1-19H;6-9,12-14H,11H2,1-5H3;/q2*-1;. The maximum Gasteiger partial charge on any atom is 0.0798 e. The van der Waals surface area contributed by atoms with Crippen LogP contribution >= 0.6 is 11.3 Å². The van der Waals surface area contributed by atoms with Crippen LogP contribution in [0.25, 0.3) is 71.4 Å². The molecule has 6 heteroatoms. The molecule has 6 aromatic carbocycles. The number of para-hydroxylation sites is 2. The first-order chi connectivity index (χ1) is 26.2. The second kappa shape index (κ2) is 16.4. The van der Waals surface area contributed by atoms with Gasteiger partial charge >= 0.3 is 0 Å². The van der Waals surface area contributed by atoms with Crippen molar-refractivity contribution in [1.29, 1.82) is 0 Å². The van der Waals surface area contributed by atoms with Crippen molar-refractivity contribution in [3.8, 4) is 39.5 Å². The number of hydrogen-bond donors (Lipinski definition) is 0. The molecule has 0 unspecified atom stereocenters. The molecule has 9 rings (SSSR count). The van der Waals surface area contributed by atoms with Gasteiger partial charge in [0.25, 0.3) is 0 Å². The molecule has 0 spiro atoms. The van der Waals surface area contributed by atoms with Crippen LogP contribution in [0.3, 0.4) is 0 Å². The number of pyridine rings is 1. The topological polar surface area (TPSA) is 30.7 Å². The van der Waals surface area contributed by atoms with Crippen molar-refractivity contribution in [2.75, 3.05) is 0 Å². The van der Waals surface area contributed by atoms with Gasteiger partial charge in [0, 0.05) is 32.0 Å². The van der Waals surface area contributed by atoms with E-state index in [9.17, 15) is 0 Å². The molecule has 0 fully saturated rings. The van der Waals surface area contributed by atoms with Crippen LogP contribution in [0.4, 0.5) is 0 Å². The first-order valence-electron chi connectivity index (χ1n) is 18.7. The van der Waals surface area contributed by atoms with Crippen LogP contribution in [0.1, 0.15) is 19.4 Å². The molecule has 9 aromatic rings. The quantitative estimate of drug-likeness (QED) is 0.118. The van der Waals surface area contributed by atoms with Crippen molar-refractivity contribution in [3.05, 3.63) is 169 Å². The maximum atomic E-state index is 5.08. The van der Waals surface area contributed by atoms with E-state index in [4.69, 9.17) is 4.98 Å². The molecule has 0 amide bonds. The average molecular weight is 926 g/mol. The van der Waals surface area contributed by atoms with Crippen LogP contribution in [-0.2, 0) is 26.5 Å². The molecule has 1 radical (unpaired) electrons. The third kappa shape index (κ3) is 8.19. The van der Waals surface area contributed by atoms with Crippen LogP contribution in [0.5, 0.6) is 0 Å². The van der Waals surface area contributed by atoms with Gasteiger partial charge in [-0.25, -0.2) is 0 Å². The van der Waals surface area contributed by atoms with Gasteiger partial charge in [-0.3, -0.25) is 16.3 Å². The molecule has 0 bridgehead atoms. The Hall–Kier alpha value is -4.97. The summed E-state index contributed by atoms with van der Waals surface area (Å²) in [5, 5.41) is 8.70. The van der Waals surface area contributed by atoms with Gasteiger partial charge < -0.3 is 9.55 Å². The van der Waals surface area contributed by atoms with Gasteiger partial charge in [-0.1, -0.05) is 146 Å². The van der Waals surface area contributed by atoms with E-state index in [-0.39, 0.29) is 20.1 Å². The van der Waals surface area contributed by atoms with Crippen molar-refractivity contribution >= 4 is 56.5 Å². The van der Waals surface area contributed by atoms with Crippen LogP contribution < -0.4 is 5.19 Å². The van der Waals surface area contributed by atoms with Crippen LogP contribution in [-0.4, -0.2) is 22.6 Å². The average Bonchev–Trinajstić information content (AvgIpc) is 3.79. The fourth-order valence-corrected chi connectivity index (χ4v) is 9.67. The minimum absolute atomic E-state index is 0. The van der Waals surface area contributed by atoms with Crippen molar-refractivity contribution < 1.29 is 20.1 Å². The van der Waals surface area contributed by atoms with Crippen molar-refractivity contribution in [3.63, 3.8) is 0 Å². The van der Waals surface area contributed by atoms with Crippen LogP contribution in [0.15, 0.2) is 152 Å². The van der Waals surface area contributed by atoms with E-state index in [0.29, 0.717) is 5.92 Å². The summed E-state index contributed by atoms with van der Waals surface area (Å²) in [6.07, 6.45) is 3.24. The van der Waals surface area contributed by atoms with Crippen LogP contribution in [0.2, 0.25) is 19.6 Å². The first-order valence-corrected chi connectivity index (χ1v) is 23.0. The number of nitrogens with zero attached hydrogens (tertiary/aromatic N) is 3. The Balaban J connectivity index is 0.000000191. The number of rotatable bonds is 7. The minimum Gasteiger partial charge on any atom is -0.333 e. The molecule has 3 nitrogen and oxygen atoms in total. The van der Waals surface area contributed by atoms with E-state index in [2.05, 4.69) is 182 Å². The molecule has 0 N–H and O–H groups in total. The summed E-state index contributed by atoms with van der Waals surface area (Å²) in [4.78, 5) is 9.77. The zero-order chi connectivity index (χ0) is 37.2. The van der Waals surface area contributed by atoms with Crippen LogP contribution in [0, 0.1) is 17.4 Å². The molecule has 3 aromatic heterocycles. The zero-order valence-corrected chi connectivity index (χ0v) is 36.0. The fraction of sp³-hybridized carbons (Fsp3) is 0.143. The SMILES string of the molecule is CC(C)Cc1cc(-c2[c-]cccc2)ncc1[Si](C)(C)C.[Ir].[c-]1sc2cc(-c3ccccc3)ccc2c1-c1nc2ccccc2n1-c1ccc2ccccc2c1. The van der Waals surface area contributed by atoms with E-state index >= 15 is 0 Å². The summed E-state index contributed by atoms with van der Waals surface area (Å²) in [6, 6.07) is 54.2. The van der Waals surface area contributed by atoms with Gasteiger partial charge in [-0.05, 0) is 69.4 Å². The smallest absolute Gasteiger partial charge is 0.0798 e. The monoisotopic (exact) mass is 926 g/mol. The first kappa shape index (κ1) is 38.3. The third-order valence-electron chi connectivity index (χ3n) is 9.81. The Bertz CT molecular complexity index is 2710. The van der Waals surface area contributed by atoms with Gasteiger partial charge in [0.15, 0.2) is 0 Å². The van der Waals surface area contributed by atoms with Gasteiger partial charge in [-0.2, -0.15) is 0 Å². The minimum atomic E-state index is -1.34. The number of imidazole rings is 1. The maximum absolute atomic E-state index is 5.08. The summed E-state index contributed by atoms with van der Waals surface area (Å²) in [6.45, 7) is 11.7. The predicted molar refractivity (Wildman–Crippen MR) is 234 cm³/mol. The molecule has 0 aliphatic heterocycles. The third-order valence-corrected chi connectivity index (χ3v) is 12.7. The van der Waals surface area contributed by atoms with E-state index in [1.54, 1.807) is 11.3 Å². The van der Waals surface area contributed by atoms with E-state index in [0.717, 1.165) is 45.8 Å². The van der Waals surface area contributed by atoms with Crippen molar-refractivity contribution in [2.24, 2.45) is 5.92 Å². The summed E-state index contributed by atoms with van der Waals surface area (Å²) in [7, 11) is -1.34. The van der Waals surface area contributed by atoms with Gasteiger partial charge in [0.1, 0.15) is 0 Å². The molecule has 275 valence electrons. The molecule has 0 aliphatic rings. The molecule has 55 heavy (non-hydrogen) atoms. The second-order valence-electron chi connectivity index (χ2n) is 15.3. The number of aromatic nitrogens is 3. The Labute approximate surface area is 343 Å². The number of benzene rings is 6. The number of thiophene rings is 1. The summed E-state index contributed by atoms with van der Waals surface area (Å²) in [5.41, 5.74) is 10.3. The summed E-state index contributed by atoms with van der Waals surface area (Å²) in [5.74, 6) is 1.59.